The number of nitrogens with one attached hydrogen (secondary N) is 1. The molecule has 0 amide bonds. The second-order valence-electron chi connectivity index (χ2n) is 4.32. The van der Waals surface area contributed by atoms with Gasteiger partial charge >= 0.3 is 0 Å². The molecule has 4 nitrogen and oxygen atoms in total. The van der Waals surface area contributed by atoms with E-state index in [1.54, 1.807) is 12.3 Å². The third-order valence-corrected chi connectivity index (χ3v) is 2.86. The lowest BCUT2D eigenvalue weighted by Crippen LogP contribution is -2.22. The number of aromatic amines is 1. The third-order valence-electron chi connectivity index (χ3n) is 2.86. The molecule has 4 heteroatoms. The second kappa shape index (κ2) is 6.57. The molecule has 1 aromatic rings. The summed E-state index contributed by atoms with van der Waals surface area (Å²) in [5, 5.41) is 0. The van der Waals surface area contributed by atoms with Gasteiger partial charge < -0.3 is 14.5 Å². The van der Waals surface area contributed by atoms with Crippen molar-refractivity contribution in [3.05, 3.63) is 34.2 Å². The van der Waals surface area contributed by atoms with Crippen LogP contribution < -0.4 is 5.43 Å². The summed E-state index contributed by atoms with van der Waals surface area (Å²) in [5.41, 5.74) is 1.01. The summed E-state index contributed by atoms with van der Waals surface area (Å²) in [7, 11) is 0. The van der Waals surface area contributed by atoms with Gasteiger partial charge in [-0.05, 0) is 32.1 Å². The van der Waals surface area contributed by atoms with Gasteiger partial charge in [0, 0.05) is 30.6 Å². The van der Waals surface area contributed by atoms with Crippen LogP contribution in [-0.2, 0) is 15.9 Å². The molecule has 0 aromatic carbocycles. The van der Waals surface area contributed by atoms with Gasteiger partial charge in [0.15, 0.2) is 11.7 Å². The largest absolute Gasteiger partial charge is 0.365 e. The Hall–Kier alpha value is -1.13. The number of aromatic nitrogens is 1. The van der Waals surface area contributed by atoms with E-state index in [1.807, 2.05) is 0 Å². The van der Waals surface area contributed by atoms with Crippen molar-refractivity contribution in [3.63, 3.8) is 0 Å². The maximum atomic E-state index is 11.1. The highest BCUT2D eigenvalue weighted by molar-refractivity contribution is 5.03. The van der Waals surface area contributed by atoms with Gasteiger partial charge in [-0.25, -0.2) is 0 Å². The lowest BCUT2D eigenvalue weighted by Gasteiger charge is -2.22. The molecule has 0 aliphatic carbocycles. The molecule has 1 saturated heterocycles. The Kier molecular flexibility index (Phi) is 4.76. The van der Waals surface area contributed by atoms with Crippen LogP contribution in [0.5, 0.6) is 0 Å². The highest BCUT2D eigenvalue weighted by Crippen LogP contribution is 2.13. The van der Waals surface area contributed by atoms with E-state index in [-0.39, 0.29) is 11.7 Å². The number of rotatable bonds is 5. The van der Waals surface area contributed by atoms with Gasteiger partial charge in [0.1, 0.15) is 0 Å². The monoisotopic (exact) mass is 237 g/mol. The van der Waals surface area contributed by atoms with Gasteiger partial charge in [0.05, 0.1) is 6.61 Å². The smallest absolute Gasteiger partial charge is 0.181 e. The minimum absolute atomic E-state index is 0.0152. The van der Waals surface area contributed by atoms with Crippen molar-refractivity contribution in [2.75, 3.05) is 13.2 Å². The summed E-state index contributed by atoms with van der Waals surface area (Å²) >= 11 is 0. The molecule has 2 heterocycles. The maximum absolute atomic E-state index is 11.1. The fourth-order valence-corrected chi connectivity index (χ4v) is 1.96. The predicted octanol–water partition coefficient (Wildman–Crippen LogP) is 1.85. The van der Waals surface area contributed by atoms with E-state index in [9.17, 15) is 4.79 Å². The van der Waals surface area contributed by atoms with Crippen LogP contribution in [0.3, 0.4) is 0 Å². The minimum atomic E-state index is -0.0152. The first-order valence-electron chi connectivity index (χ1n) is 6.25. The zero-order chi connectivity index (χ0) is 11.9. The summed E-state index contributed by atoms with van der Waals surface area (Å²) in [6.07, 6.45) is 6.74. The fraction of sp³-hybridized carbons (Fsp3) is 0.615. The lowest BCUT2D eigenvalue weighted by molar-refractivity contribution is -0.162. The minimum Gasteiger partial charge on any atom is -0.365 e. The van der Waals surface area contributed by atoms with Gasteiger partial charge in [-0.2, -0.15) is 0 Å². The highest BCUT2D eigenvalue weighted by Gasteiger charge is 2.13. The molecule has 1 atom stereocenters. The molecule has 1 aromatic heterocycles. The number of pyridine rings is 1. The molecule has 1 fully saturated rings. The molecular formula is C13H19NO3. The molecule has 0 radical (unpaired) electrons. The van der Waals surface area contributed by atoms with Crippen LogP contribution in [0.4, 0.5) is 0 Å². The van der Waals surface area contributed by atoms with E-state index in [2.05, 4.69) is 4.98 Å². The SMILES string of the molecule is O=c1cc[nH]c(CCCOC2CCCCO2)c1. The molecule has 1 unspecified atom stereocenters. The average Bonchev–Trinajstić information content (AvgIpc) is 2.36. The number of H-pyrrole nitrogens is 1. The van der Waals surface area contributed by atoms with E-state index in [4.69, 9.17) is 9.47 Å². The van der Waals surface area contributed by atoms with Crippen molar-refractivity contribution in [2.45, 2.75) is 38.4 Å². The van der Waals surface area contributed by atoms with Gasteiger partial charge in [0.25, 0.3) is 0 Å². The summed E-state index contributed by atoms with van der Waals surface area (Å²) < 4.78 is 11.1. The number of ether oxygens (including phenoxy) is 2. The molecule has 0 spiro atoms. The first kappa shape index (κ1) is 12.3. The van der Waals surface area contributed by atoms with Crippen molar-refractivity contribution in [2.24, 2.45) is 0 Å². The average molecular weight is 237 g/mol. The number of hydrogen-bond donors (Lipinski definition) is 1. The number of hydrogen-bond acceptors (Lipinski definition) is 3. The summed E-state index contributed by atoms with van der Waals surface area (Å²) in [6.45, 7) is 1.50. The van der Waals surface area contributed by atoms with Crippen LogP contribution in [0.15, 0.2) is 23.1 Å². The zero-order valence-electron chi connectivity index (χ0n) is 9.98. The van der Waals surface area contributed by atoms with Crippen LogP contribution >= 0.6 is 0 Å². The Morgan fingerprint density at radius 2 is 2.41 bits per heavy atom. The quantitative estimate of drug-likeness (QED) is 0.795. The van der Waals surface area contributed by atoms with Crippen molar-refractivity contribution in [3.8, 4) is 0 Å². The first-order valence-corrected chi connectivity index (χ1v) is 6.25. The van der Waals surface area contributed by atoms with Gasteiger partial charge in [-0.3, -0.25) is 4.79 Å². The van der Waals surface area contributed by atoms with E-state index >= 15 is 0 Å². The van der Waals surface area contributed by atoms with Crippen LogP contribution in [0, 0.1) is 0 Å². The normalized spacial score (nSPS) is 20.4. The molecule has 0 saturated carbocycles. The van der Waals surface area contributed by atoms with Crippen molar-refractivity contribution in [1.82, 2.24) is 4.98 Å². The van der Waals surface area contributed by atoms with Gasteiger partial charge in [0.2, 0.25) is 0 Å². The van der Waals surface area contributed by atoms with Crippen LogP contribution in [-0.4, -0.2) is 24.5 Å². The Morgan fingerprint density at radius 3 is 3.18 bits per heavy atom. The van der Waals surface area contributed by atoms with Crippen LogP contribution in [0.2, 0.25) is 0 Å². The lowest BCUT2D eigenvalue weighted by atomic mass is 10.2. The molecule has 1 aliphatic rings. The Balaban J connectivity index is 1.64. The summed E-state index contributed by atoms with van der Waals surface area (Å²) in [4.78, 5) is 14.2. The van der Waals surface area contributed by atoms with Gasteiger partial charge in [-0.1, -0.05) is 0 Å². The molecular weight excluding hydrogens is 218 g/mol. The molecule has 1 N–H and O–H groups in total. The van der Waals surface area contributed by atoms with E-state index in [1.165, 1.54) is 12.5 Å². The van der Waals surface area contributed by atoms with Crippen molar-refractivity contribution in [1.29, 1.82) is 0 Å². The standard InChI is InChI=1S/C13H19NO3/c15-12-6-7-14-11(10-12)4-3-9-17-13-5-1-2-8-16-13/h6-7,10,13H,1-5,8-9H2,(H,14,15). The van der Waals surface area contributed by atoms with Crippen LogP contribution in [0.1, 0.15) is 31.4 Å². The Morgan fingerprint density at radius 1 is 1.47 bits per heavy atom. The Bertz CT molecular complexity index is 382. The van der Waals surface area contributed by atoms with Crippen LogP contribution in [0.25, 0.3) is 0 Å². The summed E-state index contributed by atoms with van der Waals surface area (Å²) in [6, 6.07) is 3.16. The van der Waals surface area contributed by atoms with E-state index in [0.29, 0.717) is 6.61 Å². The Labute approximate surface area is 101 Å². The zero-order valence-corrected chi connectivity index (χ0v) is 9.98. The number of aryl methyl sites for hydroxylation is 1. The van der Waals surface area contributed by atoms with Crippen molar-refractivity contribution < 1.29 is 9.47 Å². The second-order valence-corrected chi connectivity index (χ2v) is 4.32. The fourth-order valence-electron chi connectivity index (χ4n) is 1.96. The topological polar surface area (TPSA) is 51.3 Å². The van der Waals surface area contributed by atoms with E-state index < -0.39 is 0 Å². The summed E-state index contributed by atoms with van der Waals surface area (Å²) in [5.74, 6) is 0. The molecule has 94 valence electrons. The van der Waals surface area contributed by atoms with E-state index in [0.717, 1.165) is 38.0 Å². The molecule has 2 rings (SSSR count). The predicted molar refractivity (Wildman–Crippen MR) is 64.9 cm³/mol. The third kappa shape index (κ3) is 4.32. The van der Waals surface area contributed by atoms with Crippen molar-refractivity contribution >= 4 is 0 Å². The van der Waals surface area contributed by atoms with Gasteiger partial charge in [-0.15, -0.1) is 0 Å². The highest BCUT2D eigenvalue weighted by atomic mass is 16.7. The molecule has 0 bridgehead atoms. The molecule has 1 aliphatic heterocycles. The first-order chi connectivity index (χ1) is 8.34. The maximum Gasteiger partial charge on any atom is 0.181 e. The molecule has 17 heavy (non-hydrogen) atoms.